The maximum atomic E-state index is 14.0. The molecule has 0 fully saturated rings. The number of thioether (sulfide) groups is 1. The van der Waals surface area contributed by atoms with Crippen molar-refractivity contribution in [2.45, 2.75) is 17.1 Å². The van der Waals surface area contributed by atoms with Crippen molar-refractivity contribution >= 4 is 62.9 Å². The minimum Gasteiger partial charge on any atom is -0.321 e. The number of carbonyl (C=O) groups excluding carboxylic acids is 3. The van der Waals surface area contributed by atoms with Crippen molar-refractivity contribution in [1.82, 2.24) is 5.32 Å². The van der Waals surface area contributed by atoms with E-state index in [1.54, 1.807) is 78.9 Å². The van der Waals surface area contributed by atoms with Gasteiger partial charge in [0, 0.05) is 26.7 Å². The second-order valence-electron chi connectivity index (χ2n) is 9.00. The van der Waals surface area contributed by atoms with E-state index in [2.05, 4.69) is 26.6 Å². The molecule has 0 aliphatic rings. The maximum absolute atomic E-state index is 14.0. The Kier molecular flexibility index (Phi) is 10.4. The molecular weight excluding hydrogens is 650 g/mol. The molecule has 0 radical (unpaired) electrons. The number of hydrogen-bond acceptors (Lipinski definition) is 4. The highest BCUT2D eigenvalue weighted by atomic mass is 79.9. The zero-order valence-electron chi connectivity index (χ0n) is 22.3. The molecule has 3 N–H and O–H groups in total. The van der Waals surface area contributed by atoms with Gasteiger partial charge in [0.15, 0.2) is 23.3 Å². The molecule has 0 heterocycles. The summed E-state index contributed by atoms with van der Waals surface area (Å²) >= 11 is 4.32. The van der Waals surface area contributed by atoms with Crippen molar-refractivity contribution in [2.75, 3.05) is 10.6 Å². The number of anilines is 2. The Hall–Kier alpha value is -4.42. The molecule has 43 heavy (non-hydrogen) atoms. The molecule has 4 aromatic carbocycles. The summed E-state index contributed by atoms with van der Waals surface area (Å²) in [6, 6.07) is 21.9. The van der Waals surface area contributed by atoms with E-state index in [0.717, 1.165) is 16.2 Å². The monoisotopic (exact) mass is 671 g/mol. The Bertz CT molecular complexity index is 1680. The summed E-state index contributed by atoms with van der Waals surface area (Å²) in [5, 5.41) is 6.28. The van der Waals surface area contributed by atoms with E-state index >= 15 is 0 Å². The molecule has 220 valence electrons. The molecule has 0 saturated carbocycles. The van der Waals surface area contributed by atoms with Gasteiger partial charge in [0.1, 0.15) is 11.4 Å². The van der Waals surface area contributed by atoms with Crippen molar-refractivity contribution in [3.63, 3.8) is 0 Å². The van der Waals surface area contributed by atoms with Gasteiger partial charge < -0.3 is 16.0 Å². The molecule has 4 aromatic rings. The highest BCUT2D eigenvalue weighted by Crippen LogP contribution is 2.29. The Morgan fingerprint density at radius 1 is 0.814 bits per heavy atom. The van der Waals surface area contributed by atoms with Crippen LogP contribution in [0.4, 0.5) is 28.9 Å². The van der Waals surface area contributed by atoms with Crippen molar-refractivity contribution in [2.24, 2.45) is 0 Å². The Balaban J connectivity index is 1.49. The van der Waals surface area contributed by atoms with Gasteiger partial charge in [-0.2, -0.15) is 0 Å². The quantitative estimate of drug-likeness (QED) is 0.0743. The molecule has 6 nitrogen and oxygen atoms in total. The fraction of sp³-hybridized carbons (Fsp3) is 0.0645. The van der Waals surface area contributed by atoms with Crippen LogP contribution in [0.2, 0.25) is 0 Å². The molecular formula is C31H22BrF4N3O3S. The van der Waals surface area contributed by atoms with Gasteiger partial charge in [-0.3, -0.25) is 14.4 Å². The first-order valence-corrected chi connectivity index (χ1v) is 14.2. The highest BCUT2D eigenvalue weighted by molar-refractivity contribution is 9.10. The zero-order valence-corrected chi connectivity index (χ0v) is 24.7. The summed E-state index contributed by atoms with van der Waals surface area (Å²) in [6.07, 6.45) is 1.52. The van der Waals surface area contributed by atoms with Gasteiger partial charge in [-0.05, 0) is 61.0 Å². The molecule has 0 aromatic heterocycles. The number of carbonyl (C=O) groups is 3. The van der Waals surface area contributed by atoms with Crippen LogP contribution in [-0.2, 0) is 9.59 Å². The van der Waals surface area contributed by atoms with E-state index in [4.69, 9.17) is 0 Å². The molecule has 0 aliphatic heterocycles. The van der Waals surface area contributed by atoms with Crippen LogP contribution in [0.25, 0.3) is 6.08 Å². The number of benzene rings is 4. The van der Waals surface area contributed by atoms with Gasteiger partial charge in [0.25, 0.3) is 11.8 Å². The fourth-order valence-electron chi connectivity index (χ4n) is 3.68. The third-order valence-electron chi connectivity index (χ3n) is 5.84. The molecule has 1 atom stereocenters. The lowest BCUT2D eigenvalue weighted by atomic mass is 10.1. The molecule has 0 spiro atoms. The lowest BCUT2D eigenvalue weighted by Gasteiger charge is -2.15. The summed E-state index contributed by atoms with van der Waals surface area (Å²) in [7, 11) is 0. The van der Waals surface area contributed by atoms with Gasteiger partial charge in [0.05, 0.1) is 5.25 Å². The first kappa shape index (κ1) is 31.5. The van der Waals surface area contributed by atoms with Crippen molar-refractivity contribution in [3.8, 4) is 0 Å². The topological polar surface area (TPSA) is 87.3 Å². The predicted octanol–water partition coefficient (Wildman–Crippen LogP) is 7.53. The Morgan fingerprint density at radius 2 is 1.47 bits per heavy atom. The van der Waals surface area contributed by atoms with Crippen LogP contribution in [-0.4, -0.2) is 23.0 Å². The minimum absolute atomic E-state index is 0.0339. The van der Waals surface area contributed by atoms with Gasteiger partial charge in [0.2, 0.25) is 5.91 Å². The van der Waals surface area contributed by atoms with E-state index in [1.807, 2.05) is 5.32 Å². The van der Waals surface area contributed by atoms with Crippen molar-refractivity contribution in [3.05, 3.63) is 129 Å². The first-order valence-electron chi connectivity index (χ1n) is 12.6. The van der Waals surface area contributed by atoms with E-state index in [1.165, 1.54) is 13.0 Å². The summed E-state index contributed by atoms with van der Waals surface area (Å²) in [5.74, 6) is -8.77. The predicted molar refractivity (Wildman–Crippen MR) is 161 cm³/mol. The van der Waals surface area contributed by atoms with Gasteiger partial charge in [-0.1, -0.05) is 52.3 Å². The molecule has 0 aliphatic carbocycles. The van der Waals surface area contributed by atoms with E-state index < -0.39 is 51.9 Å². The number of hydrogen-bond donors (Lipinski definition) is 3. The summed E-state index contributed by atoms with van der Waals surface area (Å²) in [4.78, 5) is 39.2. The minimum atomic E-state index is -1.72. The van der Waals surface area contributed by atoms with Crippen LogP contribution in [0, 0.1) is 23.3 Å². The van der Waals surface area contributed by atoms with E-state index in [9.17, 15) is 31.9 Å². The van der Waals surface area contributed by atoms with Crippen LogP contribution in [0.3, 0.4) is 0 Å². The largest absolute Gasteiger partial charge is 0.321 e. The summed E-state index contributed by atoms with van der Waals surface area (Å²) in [6.45, 7) is 1.43. The molecule has 12 heteroatoms. The van der Waals surface area contributed by atoms with Gasteiger partial charge in [-0.15, -0.1) is 11.8 Å². The fourth-order valence-corrected chi connectivity index (χ4v) is 4.87. The average molecular weight is 672 g/mol. The second kappa shape index (κ2) is 14.2. The Morgan fingerprint density at radius 3 is 2.12 bits per heavy atom. The van der Waals surface area contributed by atoms with Crippen LogP contribution < -0.4 is 16.0 Å². The summed E-state index contributed by atoms with van der Waals surface area (Å²) < 4.78 is 55.8. The standard InChI is InChI=1S/C31H22BrF4N3O3S/c1-17(29(40)39-28-26(35)23(33)16-24(34)27(28)36)43-22-9-5-8-21(15-22)37-31(42)25(14-18-10-12-20(32)13-11-18)38-30(41)19-6-3-2-4-7-19/h2-17H,1H3,(H,37,42)(H,38,41)(H,39,40)/b25-14+. The number of rotatable bonds is 9. The van der Waals surface area contributed by atoms with Crippen LogP contribution in [0.1, 0.15) is 22.8 Å². The second-order valence-corrected chi connectivity index (χ2v) is 11.3. The van der Waals surface area contributed by atoms with E-state index in [0.29, 0.717) is 21.7 Å². The van der Waals surface area contributed by atoms with Gasteiger partial charge in [-0.25, -0.2) is 17.6 Å². The lowest BCUT2D eigenvalue weighted by Crippen LogP contribution is -2.30. The first-order chi connectivity index (χ1) is 20.5. The number of nitrogens with one attached hydrogen (secondary N) is 3. The molecule has 0 bridgehead atoms. The molecule has 1 unspecified atom stereocenters. The normalized spacial score (nSPS) is 11.9. The average Bonchev–Trinajstić information content (AvgIpc) is 2.99. The maximum Gasteiger partial charge on any atom is 0.272 e. The third kappa shape index (κ3) is 8.33. The van der Waals surface area contributed by atoms with Crippen molar-refractivity contribution in [1.29, 1.82) is 0 Å². The number of amides is 3. The third-order valence-corrected chi connectivity index (χ3v) is 7.47. The smallest absolute Gasteiger partial charge is 0.272 e. The van der Waals surface area contributed by atoms with Crippen LogP contribution in [0.15, 0.2) is 100.0 Å². The molecule has 4 rings (SSSR count). The number of halogens is 5. The van der Waals surface area contributed by atoms with Crippen LogP contribution in [0.5, 0.6) is 0 Å². The van der Waals surface area contributed by atoms with E-state index in [-0.39, 0.29) is 11.8 Å². The SMILES string of the molecule is CC(Sc1cccc(NC(=O)/C(=C\c2ccc(Br)cc2)NC(=O)c2ccccc2)c1)C(=O)Nc1c(F)c(F)cc(F)c1F. The van der Waals surface area contributed by atoms with Crippen molar-refractivity contribution < 1.29 is 31.9 Å². The van der Waals surface area contributed by atoms with Crippen LogP contribution >= 0.6 is 27.7 Å². The summed E-state index contributed by atoms with van der Waals surface area (Å²) in [5.41, 5.74) is 0.0647. The lowest BCUT2D eigenvalue weighted by molar-refractivity contribution is -0.115. The Labute approximate surface area is 256 Å². The van der Waals surface area contributed by atoms with Gasteiger partial charge >= 0.3 is 0 Å². The zero-order chi connectivity index (χ0) is 31.1. The highest BCUT2D eigenvalue weighted by Gasteiger charge is 2.24. The molecule has 0 saturated heterocycles. The molecule has 3 amide bonds.